The van der Waals surface area contributed by atoms with Crippen LogP contribution in [-0.4, -0.2) is 43.7 Å². The summed E-state index contributed by atoms with van der Waals surface area (Å²) in [5.41, 5.74) is 1.87. The molecule has 0 bridgehead atoms. The first-order valence-corrected chi connectivity index (χ1v) is 9.30. The zero-order valence-corrected chi connectivity index (χ0v) is 14.6. The van der Waals surface area contributed by atoms with Crippen LogP contribution in [0.5, 0.6) is 0 Å². The molecule has 1 aromatic carbocycles. The van der Waals surface area contributed by atoms with Crippen LogP contribution in [0.2, 0.25) is 0 Å². The molecular formula is C16H22N4O3S. The Labute approximate surface area is 143 Å². The second kappa shape index (κ2) is 8.24. The van der Waals surface area contributed by atoms with Crippen LogP contribution in [-0.2, 0) is 28.1 Å². The van der Waals surface area contributed by atoms with Crippen LogP contribution in [0.25, 0.3) is 0 Å². The van der Waals surface area contributed by atoms with Crippen LogP contribution >= 0.6 is 0 Å². The maximum atomic E-state index is 12.0. The van der Waals surface area contributed by atoms with E-state index >= 15 is 0 Å². The standard InChI is InChI=1S/C16H22N4O3S/c1-19(10-3-9-17)24(22,23)18-12-14-5-7-15(8-6-14)13-20-11-2-4-16(20)21/h5-8,18H,2-4,10-13H2,1H3. The SMILES string of the molecule is CN(CCC#N)S(=O)(=O)NCc1ccc(CN2CCCC2=O)cc1. The van der Waals surface area contributed by atoms with E-state index in [2.05, 4.69) is 4.72 Å². The monoisotopic (exact) mass is 350 g/mol. The average molecular weight is 350 g/mol. The van der Waals surface area contributed by atoms with Gasteiger partial charge in [-0.3, -0.25) is 4.79 Å². The number of hydrogen-bond acceptors (Lipinski definition) is 4. The number of likely N-dealkylation sites (tertiary alicyclic amines) is 1. The molecule has 0 spiro atoms. The molecule has 0 aliphatic carbocycles. The molecule has 1 saturated heterocycles. The van der Waals surface area contributed by atoms with E-state index in [-0.39, 0.29) is 25.4 Å². The van der Waals surface area contributed by atoms with Gasteiger partial charge in [-0.25, -0.2) is 0 Å². The van der Waals surface area contributed by atoms with Crippen molar-refractivity contribution in [3.05, 3.63) is 35.4 Å². The van der Waals surface area contributed by atoms with E-state index in [1.54, 1.807) is 0 Å². The van der Waals surface area contributed by atoms with Gasteiger partial charge in [0.2, 0.25) is 5.91 Å². The molecule has 0 aromatic heterocycles. The van der Waals surface area contributed by atoms with Gasteiger partial charge in [0, 0.05) is 46.1 Å². The third-order valence-electron chi connectivity index (χ3n) is 3.98. The van der Waals surface area contributed by atoms with Gasteiger partial charge >= 0.3 is 0 Å². The predicted octanol–water partition coefficient (Wildman–Crippen LogP) is 0.989. The zero-order chi connectivity index (χ0) is 17.6. The summed E-state index contributed by atoms with van der Waals surface area (Å²) in [6.07, 6.45) is 1.69. The van der Waals surface area contributed by atoms with E-state index < -0.39 is 10.2 Å². The van der Waals surface area contributed by atoms with E-state index in [4.69, 9.17) is 5.26 Å². The second-order valence-electron chi connectivity index (χ2n) is 5.79. The van der Waals surface area contributed by atoms with Crippen LogP contribution in [0.4, 0.5) is 0 Å². The topological polar surface area (TPSA) is 93.5 Å². The van der Waals surface area contributed by atoms with Gasteiger partial charge in [0.25, 0.3) is 10.2 Å². The summed E-state index contributed by atoms with van der Waals surface area (Å²) in [5.74, 6) is 0.187. The van der Waals surface area contributed by atoms with Gasteiger partial charge < -0.3 is 4.90 Å². The summed E-state index contributed by atoms with van der Waals surface area (Å²) in [7, 11) is -2.15. The third-order valence-corrected chi connectivity index (χ3v) is 5.49. The number of carbonyl (C=O) groups excluding carboxylic acids is 1. The highest BCUT2D eigenvalue weighted by molar-refractivity contribution is 7.87. The van der Waals surface area contributed by atoms with E-state index in [9.17, 15) is 13.2 Å². The summed E-state index contributed by atoms with van der Waals surface area (Å²) in [4.78, 5) is 13.5. The van der Waals surface area contributed by atoms with Crippen LogP contribution in [0.3, 0.4) is 0 Å². The number of nitrogens with zero attached hydrogens (tertiary/aromatic N) is 3. The molecule has 1 amide bonds. The molecule has 0 radical (unpaired) electrons. The molecule has 2 rings (SSSR count). The number of nitrogens with one attached hydrogen (secondary N) is 1. The normalized spacial score (nSPS) is 15.0. The molecule has 24 heavy (non-hydrogen) atoms. The first-order chi connectivity index (χ1) is 11.4. The minimum atomic E-state index is -3.59. The summed E-state index contributed by atoms with van der Waals surface area (Å²) in [5, 5.41) is 8.52. The van der Waals surface area contributed by atoms with E-state index in [1.165, 1.54) is 7.05 Å². The smallest absolute Gasteiger partial charge is 0.279 e. The number of nitriles is 1. The van der Waals surface area contributed by atoms with Gasteiger partial charge in [0.15, 0.2) is 0 Å². The largest absolute Gasteiger partial charge is 0.338 e. The first-order valence-electron chi connectivity index (χ1n) is 7.86. The highest BCUT2D eigenvalue weighted by atomic mass is 32.2. The molecule has 0 atom stereocenters. The second-order valence-corrected chi connectivity index (χ2v) is 7.65. The predicted molar refractivity (Wildman–Crippen MR) is 89.7 cm³/mol. The molecule has 0 saturated carbocycles. The van der Waals surface area contributed by atoms with Crippen molar-refractivity contribution in [2.45, 2.75) is 32.4 Å². The fourth-order valence-corrected chi connectivity index (χ4v) is 3.37. The van der Waals surface area contributed by atoms with Gasteiger partial charge in [0.1, 0.15) is 0 Å². The molecule has 1 aliphatic rings. The van der Waals surface area contributed by atoms with E-state index in [0.29, 0.717) is 13.0 Å². The summed E-state index contributed by atoms with van der Waals surface area (Å²) in [6, 6.07) is 9.45. The van der Waals surface area contributed by atoms with Gasteiger partial charge in [-0.1, -0.05) is 24.3 Å². The Morgan fingerprint density at radius 2 is 1.96 bits per heavy atom. The summed E-state index contributed by atoms with van der Waals surface area (Å²) >= 11 is 0. The number of rotatable bonds is 8. The maximum Gasteiger partial charge on any atom is 0.279 e. The number of carbonyl (C=O) groups is 1. The fourth-order valence-electron chi connectivity index (χ4n) is 2.47. The van der Waals surface area contributed by atoms with Crippen molar-refractivity contribution < 1.29 is 13.2 Å². The Morgan fingerprint density at radius 1 is 1.29 bits per heavy atom. The third kappa shape index (κ3) is 5.03. The molecule has 0 unspecified atom stereocenters. The molecule has 1 fully saturated rings. The van der Waals surface area contributed by atoms with Gasteiger partial charge in [-0.2, -0.15) is 22.7 Å². The lowest BCUT2D eigenvalue weighted by Crippen LogP contribution is -2.38. The minimum Gasteiger partial charge on any atom is -0.338 e. The number of amides is 1. The van der Waals surface area contributed by atoms with Gasteiger partial charge in [-0.05, 0) is 17.5 Å². The molecule has 130 valence electrons. The van der Waals surface area contributed by atoms with Crippen molar-refractivity contribution in [1.82, 2.24) is 13.9 Å². The molecule has 1 aliphatic heterocycles. The lowest BCUT2D eigenvalue weighted by atomic mass is 10.1. The maximum absolute atomic E-state index is 12.0. The highest BCUT2D eigenvalue weighted by Gasteiger charge is 2.20. The molecule has 7 nitrogen and oxygen atoms in total. The zero-order valence-electron chi connectivity index (χ0n) is 13.7. The average Bonchev–Trinajstić information content (AvgIpc) is 2.97. The lowest BCUT2D eigenvalue weighted by molar-refractivity contribution is -0.128. The van der Waals surface area contributed by atoms with Crippen molar-refractivity contribution in [3.63, 3.8) is 0 Å². The minimum absolute atomic E-state index is 0.154. The van der Waals surface area contributed by atoms with Crippen molar-refractivity contribution in [1.29, 1.82) is 5.26 Å². The Bertz CT molecular complexity index is 710. The van der Waals surface area contributed by atoms with E-state index in [1.807, 2.05) is 35.2 Å². The van der Waals surface area contributed by atoms with Crippen LogP contribution < -0.4 is 4.72 Å². The Balaban J connectivity index is 1.87. The van der Waals surface area contributed by atoms with Crippen molar-refractivity contribution in [2.75, 3.05) is 20.1 Å². The summed E-state index contributed by atoms with van der Waals surface area (Å²) < 4.78 is 27.6. The Morgan fingerprint density at radius 3 is 2.54 bits per heavy atom. The van der Waals surface area contributed by atoms with Crippen molar-refractivity contribution in [3.8, 4) is 6.07 Å². The van der Waals surface area contributed by atoms with Gasteiger partial charge in [-0.15, -0.1) is 0 Å². The quantitative estimate of drug-likeness (QED) is 0.756. The van der Waals surface area contributed by atoms with Crippen molar-refractivity contribution in [2.24, 2.45) is 0 Å². The summed E-state index contributed by atoms with van der Waals surface area (Å²) in [6.45, 7) is 1.74. The molecular weight excluding hydrogens is 328 g/mol. The van der Waals surface area contributed by atoms with Crippen LogP contribution in [0.1, 0.15) is 30.4 Å². The highest BCUT2D eigenvalue weighted by Crippen LogP contribution is 2.14. The molecule has 1 N–H and O–H groups in total. The van der Waals surface area contributed by atoms with Crippen molar-refractivity contribution >= 4 is 16.1 Å². The van der Waals surface area contributed by atoms with Gasteiger partial charge in [0.05, 0.1) is 6.07 Å². The number of benzene rings is 1. The number of hydrogen-bond donors (Lipinski definition) is 1. The van der Waals surface area contributed by atoms with E-state index in [0.717, 1.165) is 28.4 Å². The Kier molecular flexibility index (Phi) is 6.31. The molecule has 8 heteroatoms. The lowest BCUT2D eigenvalue weighted by Gasteiger charge is -2.17. The molecule has 1 aromatic rings. The fraction of sp³-hybridized carbons (Fsp3) is 0.500. The Hall–Kier alpha value is -1.95. The molecule has 1 heterocycles. The first kappa shape index (κ1) is 18.4. The van der Waals surface area contributed by atoms with Crippen LogP contribution in [0, 0.1) is 11.3 Å². The van der Waals surface area contributed by atoms with Crippen LogP contribution in [0.15, 0.2) is 24.3 Å².